The van der Waals surface area contributed by atoms with Crippen LogP contribution in [0, 0.1) is 11.3 Å². The number of hydrogen-bond donors (Lipinski definition) is 1. The summed E-state index contributed by atoms with van der Waals surface area (Å²) in [6.07, 6.45) is 5.83. The number of ether oxygens (including phenoxy) is 2. The van der Waals surface area contributed by atoms with Crippen molar-refractivity contribution in [3.63, 3.8) is 0 Å². The first-order valence-corrected chi connectivity index (χ1v) is 8.35. The minimum absolute atomic E-state index is 0.0611. The second-order valence-electron chi connectivity index (χ2n) is 6.77. The van der Waals surface area contributed by atoms with Crippen LogP contribution in [0.3, 0.4) is 0 Å². The molecule has 1 saturated carbocycles. The predicted octanol–water partition coefficient (Wildman–Crippen LogP) is 2.96. The molecule has 2 heterocycles. The first-order valence-electron chi connectivity index (χ1n) is 7.98. The zero-order chi connectivity index (χ0) is 14.4. The molecule has 2 fully saturated rings. The average Bonchev–Trinajstić information content (AvgIpc) is 3.05. The largest absolute Gasteiger partial charge is 0.493 e. The van der Waals surface area contributed by atoms with Crippen LogP contribution in [0.2, 0.25) is 5.02 Å². The van der Waals surface area contributed by atoms with Gasteiger partial charge in [-0.1, -0.05) is 11.6 Å². The van der Waals surface area contributed by atoms with Gasteiger partial charge < -0.3 is 15.2 Å². The van der Waals surface area contributed by atoms with E-state index in [0.717, 1.165) is 43.2 Å². The van der Waals surface area contributed by atoms with Crippen LogP contribution in [-0.2, 0) is 17.6 Å². The lowest BCUT2D eigenvalue weighted by molar-refractivity contribution is 0.0342. The van der Waals surface area contributed by atoms with Crippen LogP contribution in [0.25, 0.3) is 0 Å². The van der Waals surface area contributed by atoms with Crippen molar-refractivity contribution in [2.75, 3.05) is 19.8 Å². The number of rotatable bonds is 4. The fraction of sp³-hybridized carbons (Fsp3) is 0.647. The maximum absolute atomic E-state index is 6.30. The first kappa shape index (κ1) is 13.9. The molecule has 0 radical (unpaired) electrons. The Bertz CT molecular complexity index is 558. The summed E-state index contributed by atoms with van der Waals surface area (Å²) in [4.78, 5) is 0. The van der Waals surface area contributed by atoms with Crippen LogP contribution in [0.15, 0.2) is 12.1 Å². The molecule has 2 unspecified atom stereocenters. The van der Waals surface area contributed by atoms with Crippen molar-refractivity contribution in [3.05, 3.63) is 28.3 Å². The first-order chi connectivity index (χ1) is 10.2. The van der Waals surface area contributed by atoms with Gasteiger partial charge in [-0.05, 0) is 54.9 Å². The Kier molecular flexibility index (Phi) is 3.40. The van der Waals surface area contributed by atoms with E-state index in [1.807, 2.05) is 6.07 Å². The number of nitrogens with two attached hydrogens (primary N) is 1. The van der Waals surface area contributed by atoms with E-state index in [0.29, 0.717) is 18.6 Å². The predicted molar refractivity (Wildman–Crippen MR) is 82.9 cm³/mol. The van der Waals surface area contributed by atoms with Gasteiger partial charge in [0, 0.05) is 30.0 Å². The molecule has 21 heavy (non-hydrogen) atoms. The van der Waals surface area contributed by atoms with E-state index in [2.05, 4.69) is 6.07 Å². The van der Waals surface area contributed by atoms with Crippen LogP contribution in [-0.4, -0.2) is 25.9 Å². The zero-order valence-electron chi connectivity index (χ0n) is 12.2. The van der Waals surface area contributed by atoms with Gasteiger partial charge in [0.05, 0.1) is 12.7 Å². The fourth-order valence-electron chi connectivity index (χ4n) is 4.08. The molecule has 1 aromatic rings. The highest BCUT2D eigenvalue weighted by atomic mass is 35.5. The van der Waals surface area contributed by atoms with Crippen molar-refractivity contribution in [2.45, 2.75) is 38.2 Å². The van der Waals surface area contributed by atoms with Gasteiger partial charge in [-0.3, -0.25) is 0 Å². The van der Waals surface area contributed by atoms with E-state index >= 15 is 0 Å². The smallest absolute Gasteiger partial charge is 0.125 e. The molecule has 4 heteroatoms. The minimum Gasteiger partial charge on any atom is -0.493 e. The van der Waals surface area contributed by atoms with Gasteiger partial charge in [-0.2, -0.15) is 0 Å². The summed E-state index contributed by atoms with van der Waals surface area (Å²) in [6.45, 7) is 2.28. The summed E-state index contributed by atoms with van der Waals surface area (Å²) in [5.41, 5.74) is 8.72. The Morgan fingerprint density at radius 1 is 1.29 bits per heavy atom. The topological polar surface area (TPSA) is 44.5 Å². The third-order valence-corrected chi connectivity index (χ3v) is 5.54. The molecular weight excluding hydrogens is 286 g/mol. The lowest BCUT2D eigenvalue weighted by Crippen LogP contribution is -2.41. The Labute approximate surface area is 130 Å². The summed E-state index contributed by atoms with van der Waals surface area (Å²) >= 11 is 6.30. The minimum atomic E-state index is 0.0611. The van der Waals surface area contributed by atoms with Crippen LogP contribution in [0.1, 0.15) is 30.4 Å². The summed E-state index contributed by atoms with van der Waals surface area (Å²) in [5, 5.41) is 0.809. The lowest BCUT2D eigenvalue weighted by atomic mass is 9.74. The van der Waals surface area contributed by atoms with Gasteiger partial charge in [-0.15, -0.1) is 0 Å². The Hall–Kier alpha value is -0.770. The molecular formula is C17H22ClNO2. The molecule has 2 N–H and O–H groups in total. The van der Waals surface area contributed by atoms with E-state index in [1.54, 1.807) is 0 Å². The Morgan fingerprint density at radius 2 is 2.14 bits per heavy atom. The highest BCUT2D eigenvalue weighted by molar-refractivity contribution is 6.30. The lowest BCUT2D eigenvalue weighted by Gasteiger charge is -2.33. The van der Waals surface area contributed by atoms with Crippen LogP contribution >= 0.6 is 11.6 Å². The Morgan fingerprint density at radius 3 is 2.90 bits per heavy atom. The third kappa shape index (κ3) is 2.36. The van der Waals surface area contributed by atoms with Crippen molar-refractivity contribution >= 4 is 11.6 Å². The fourth-order valence-corrected chi connectivity index (χ4v) is 4.34. The summed E-state index contributed by atoms with van der Waals surface area (Å²) in [7, 11) is 0. The monoisotopic (exact) mass is 307 g/mol. The summed E-state index contributed by atoms with van der Waals surface area (Å²) < 4.78 is 11.9. The van der Waals surface area contributed by atoms with Crippen molar-refractivity contribution in [3.8, 4) is 5.75 Å². The normalized spacial score (nSPS) is 31.2. The molecule has 4 rings (SSSR count). The van der Waals surface area contributed by atoms with Gasteiger partial charge in [-0.25, -0.2) is 0 Å². The molecule has 3 aliphatic rings. The molecule has 0 aromatic heterocycles. The molecule has 114 valence electrons. The van der Waals surface area contributed by atoms with Crippen molar-refractivity contribution < 1.29 is 9.47 Å². The second-order valence-corrected chi connectivity index (χ2v) is 7.21. The van der Waals surface area contributed by atoms with E-state index in [9.17, 15) is 0 Å². The maximum Gasteiger partial charge on any atom is 0.125 e. The van der Waals surface area contributed by atoms with Gasteiger partial charge in [0.15, 0.2) is 0 Å². The molecule has 1 aliphatic carbocycles. The van der Waals surface area contributed by atoms with Crippen molar-refractivity contribution in [1.82, 2.24) is 0 Å². The summed E-state index contributed by atoms with van der Waals surface area (Å²) in [6, 6.07) is 4.09. The van der Waals surface area contributed by atoms with E-state index in [1.165, 1.54) is 24.0 Å². The van der Waals surface area contributed by atoms with Crippen molar-refractivity contribution in [2.24, 2.45) is 17.1 Å². The van der Waals surface area contributed by atoms with Crippen molar-refractivity contribution in [1.29, 1.82) is 0 Å². The SMILES string of the molecule is NCC1(Cc2cc(Cl)cc3c2OCC3)CCOC1C1CC1. The van der Waals surface area contributed by atoms with Gasteiger partial charge in [0.1, 0.15) is 5.75 Å². The maximum atomic E-state index is 6.30. The number of hydrogen-bond acceptors (Lipinski definition) is 3. The molecule has 0 spiro atoms. The molecule has 2 aliphatic heterocycles. The Balaban J connectivity index is 1.68. The van der Waals surface area contributed by atoms with Gasteiger partial charge in [0.2, 0.25) is 0 Å². The van der Waals surface area contributed by atoms with Gasteiger partial charge in [0.25, 0.3) is 0 Å². The van der Waals surface area contributed by atoms with Crippen LogP contribution in [0.4, 0.5) is 0 Å². The number of fused-ring (bicyclic) bond motifs is 1. The molecule has 2 atom stereocenters. The number of halogens is 1. The highest BCUT2D eigenvalue weighted by Gasteiger charge is 2.50. The zero-order valence-corrected chi connectivity index (χ0v) is 13.0. The highest BCUT2D eigenvalue weighted by Crippen LogP contribution is 2.50. The van der Waals surface area contributed by atoms with Crippen LogP contribution < -0.4 is 10.5 Å². The second kappa shape index (κ2) is 5.15. The molecule has 1 saturated heterocycles. The van der Waals surface area contributed by atoms with E-state index < -0.39 is 0 Å². The average molecular weight is 308 g/mol. The third-order valence-electron chi connectivity index (χ3n) is 5.33. The molecule has 1 aromatic carbocycles. The van der Waals surface area contributed by atoms with E-state index in [-0.39, 0.29) is 5.41 Å². The summed E-state index contributed by atoms with van der Waals surface area (Å²) in [5.74, 6) is 1.76. The quantitative estimate of drug-likeness (QED) is 0.930. The van der Waals surface area contributed by atoms with Crippen LogP contribution in [0.5, 0.6) is 5.75 Å². The van der Waals surface area contributed by atoms with E-state index in [4.69, 9.17) is 26.8 Å². The standard InChI is InChI=1S/C17H22ClNO2/c18-14-7-12-3-5-20-15(12)13(8-14)9-17(10-19)4-6-21-16(17)11-1-2-11/h7-8,11,16H,1-6,9-10,19H2. The molecule has 0 amide bonds. The molecule has 0 bridgehead atoms. The van der Waals surface area contributed by atoms with Gasteiger partial charge >= 0.3 is 0 Å². The number of benzene rings is 1. The molecule has 3 nitrogen and oxygen atoms in total.